The third-order valence-electron chi connectivity index (χ3n) is 6.00. The molecule has 0 aliphatic rings. The Morgan fingerprint density at radius 3 is 2.78 bits per heavy atom. The number of fused-ring (bicyclic) bond motifs is 1. The third kappa shape index (κ3) is 6.21. The molecule has 0 radical (unpaired) electrons. The molecule has 2 aromatic carbocycles. The number of nitrogens with one attached hydrogen (secondary N) is 4. The number of aliphatic hydroxyl groups excluding tert-OH is 1. The summed E-state index contributed by atoms with van der Waals surface area (Å²) in [6.45, 7) is 8.00. The van der Waals surface area contributed by atoms with E-state index in [-0.39, 0.29) is 12.1 Å². The van der Waals surface area contributed by atoms with E-state index in [0.717, 1.165) is 53.9 Å². The molecule has 0 aliphatic carbocycles. The maximum atomic E-state index is 12.9. The minimum Gasteiger partial charge on any atom is -0.387 e. The van der Waals surface area contributed by atoms with Crippen molar-refractivity contribution in [2.24, 2.45) is 4.99 Å². The highest BCUT2D eigenvalue weighted by Gasteiger charge is 2.18. The van der Waals surface area contributed by atoms with Crippen LogP contribution in [0.4, 0.5) is 5.69 Å². The number of rotatable bonds is 10. The van der Waals surface area contributed by atoms with Crippen molar-refractivity contribution in [3.8, 4) is 11.4 Å². The predicted molar refractivity (Wildman–Crippen MR) is 152 cm³/mol. The molecule has 4 rings (SSSR count). The Bertz CT molecular complexity index is 1460. The summed E-state index contributed by atoms with van der Waals surface area (Å²) in [7, 11) is 0. The van der Waals surface area contributed by atoms with Crippen molar-refractivity contribution < 1.29 is 5.11 Å². The van der Waals surface area contributed by atoms with Crippen LogP contribution in [0, 0.1) is 6.92 Å². The van der Waals surface area contributed by atoms with E-state index in [1.54, 1.807) is 30.5 Å². The number of aryl methyl sites for hydroxylation is 1. The smallest absolute Gasteiger partial charge is 0.261 e. The Morgan fingerprint density at radius 1 is 1.19 bits per heavy atom. The number of nitrogens with zero attached hydrogens (tertiary/aromatic N) is 2. The van der Waals surface area contributed by atoms with Crippen LogP contribution < -0.4 is 16.2 Å². The van der Waals surface area contributed by atoms with Gasteiger partial charge >= 0.3 is 0 Å². The fourth-order valence-electron chi connectivity index (χ4n) is 4.16. The lowest BCUT2D eigenvalue weighted by atomic mass is 10.1. The van der Waals surface area contributed by atoms with Gasteiger partial charge in [-0.05, 0) is 61.2 Å². The van der Waals surface area contributed by atoms with Crippen molar-refractivity contribution >= 4 is 34.2 Å². The second kappa shape index (κ2) is 12.1. The lowest BCUT2D eigenvalue weighted by molar-refractivity contribution is 0.191. The molecule has 9 heteroatoms. The van der Waals surface area contributed by atoms with E-state index in [1.165, 1.54) is 0 Å². The fourth-order valence-corrected chi connectivity index (χ4v) is 4.36. The van der Waals surface area contributed by atoms with Crippen molar-refractivity contribution in [1.82, 2.24) is 20.3 Å². The van der Waals surface area contributed by atoms with E-state index < -0.39 is 6.10 Å². The maximum Gasteiger partial charge on any atom is 0.261 e. The standard InChI is InChI=1S/C28H33ClN6O2/c1-4-10-30-26(31-11-5-2)19-13-17(3)25-22(15-19)34-27(35-25)24-21(9-12-32-28(24)37)33-16-23(36)18-7-6-8-20(29)14-18/h6-9,12-15,23,36H,4-5,10-11,16H2,1-3H3,(H,30,31)(H,34,35)(H2,32,33,37). The van der Waals surface area contributed by atoms with Crippen molar-refractivity contribution in [3.05, 3.63) is 80.7 Å². The molecule has 5 N–H and O–H groups in total. The highest BCUT2D eigenvalue weighted by atomic mass is 35.5. The molecule has 4 aromatic rings. The van der Waals surface area contributed by atoms with Crippen LogP contribution in [0.5, 0.6) is 0 Å². The molecule has 2 aromatic heterocycles. The Labute approximate surface area is 221 Å². The molecule has 0 saturated carbocycles. The number of H-pyrrole nitrogens is 2. The van der Waals surface area contributed by atoms with Crippen molar-refractivity contribution in [3.63, 3.8) is 0 Å². The van der Waals surface area contributed by atoms with Gasteiger partial charge in [-0.15, -0.1) is 0 Å². The summed E-state index contributed by atoms with van der Waals surface area (Å²) < 4.78 is 0. The van der Waals surface area contributed by atoms with Gasteiger partial charge in [0, 0.05) is 36.4 Å². The topological polar surface area (TPSA) is 118 Å². The van der Waals surface area contributed by atoms with Gasteiger partial charge in [0.05, 0.1) is 22.8 Å². The van der Waals surface area contributed by atoms with E-state index in [2.05, 4.69) is 40.5 Å². The van der Waals surface area contributed by atoms with Crippen LogP contribution in [0.2, 0.25) is 5.02 Å². The SMILES string of the molecule is CCC/N=C(\NCCC)c1cc(C)c2nc(-c3c(NCC(O)c4cccc(Cl)c4)cc[nH]c3=O)[nH]c2c1. The van der Waals surface area contributed by atoms with Crippen molar-refractivity contribution in [2.45, 2.75) is 39.7 Å². The normalized spacial score (nSPS) is 12.6. The molecule has 0 aliphatic heterocycles. The van der Waals surface area contributed by atoms with Crippen LogP contribution in [0.25, 0.3) is 22.4 Å². The largest absolute Gasteiger partial charge is 0.387 e. The lowest BCUT2D eigenvalue weighted by Crippen LogP contribution is -2.25. The average Bonchev–Trinajstić information content (AvgIpc) is 3.31. The number of aromatic nitrogens is 3. The zero-order chi connectivity index (χ0) is 26.4. The van der Waals surface area contributed by atoms with Gasteiger partial charge in [0.25, 0.3) is 5.56 Å². The highest BCUT2D eigenvalue weighted by molar-refractivity contribution is 6.30. The van der Waals surface area contributed by atoms with Gasteiger partial charge in [0.15, 0.2) is 0 Å². The second-order valence-corrected chi connectivity index (χ2v) is 9.42. The van der Waals surface area contributed by atoms with Crippen LogP contribution in [0.3, 0.4) is 0 Å². The number of aliphatic hydroxyl groups is 1. The zero-order valence-corrected chi connectivity index (χ0v) is 22.1. The number of hydrogen-bond donors (Lipinski definition) is 5. The average molecular weight is 521 g/mol. The molecule has 1 unspecified atom stereocenters. The van der Waals surface area contributed by atoms with Gasteiger partial charge in [-0.3, -0.25) is 9.79 Å². The molecule has 0 bridgehead atoms. The predicted octanol–water partition coefficient (Wildman–Crippen LogP) is 5.18. The number of hydrogen-bond acceptors (Lipinski definition) is 5. The Morgan fingerprint density at radius 2 is 2.03 bits per heavy atom. The third-order valence-corrected chi connectivity index (χ3v) is 6.24. The van der Waals surface area contributed by atoms with Gasteiger partial charge in [0.2, 0.25) is 0 Å². The molecule has 1 atom stereocenters. The number of aliphatic imine (C=N–C) groups is 1. The van der Waals surface area contributed by atoms with E-state index in [4.69, 9.17) is 21.6 Å². The second-order valence-electron chi connectivity index (χ2n) is 8.98. The molecule has 2 heterocycles. The summed E-state index contributed by atoms with van der Waals surface area (Å²) in [6.07, 6.45) is 2.73. The minimum atomic E-state index is -0.803. The Hall–Kier alpha value is -3.62. The molecule has 0 amide bonds. The van der Waals surface area contributed by atoms with Crippen LogP contribution in [0.1, 0.15) is 49.5 Å². The van der Waals surface area contributed by atoms with E-state index >= 15 is 0 Å². The Balaban J connectivity index is 1.67. The fraction of sp³-hybridized carbons (Fsp3) is 0.321. The first kappa shape index (κ1) is 26.4. The molecule has 0 saturated heterocycles. The number of imidazole rings is 1. The minimum absolute atomic E-state index is 0.195. The first-order valence-corrected chi connectivity index (χ1v) is 13.0. The summed E-state index contributed by atoms with van der Waals surface area (Å²) in [5.41, 5.74) is 4.92. The van der Waals surface area contributed by atoms with Crippen LogP contribution in [-0.2, 0) is 0 Å². The first-order valence-electron chi connectivity index (χ1n) is 12.6. The summed E-state index contributed by atoms with van der Waals surface area (Å²) in [4.78, 5) is 28.5. The summed E-state index contributed by atoms with van der Waals surface area (Å²) >= 11 is 6.06. The monoisotopic (exact) mass is 520 g/mol. The number of anilines is 1. The van der Waals surface area contributed by atoms with Gasteiger partial charge in [-0.2, -0.15) is 0 Å². The quantitative estimate of drug-likeness (QED) is 0.146. The van der Waals surface area contributed by atoms with Gasteiger partial charge in [-0.25, -0.2) is 4.98 Å². The molecular formula is C28H33ClN6O2. The van der Waals surface area contributed by atoms with Gasteiger partial charge in [0.1, 0.15) is 17.2 Å². The van der Waals surface area contributed by atoms with Crippen molar-refractivity contribution in [1.29, 1.82) is 0 Å². The molecular weight excluding hydrogens is 488 g/mol. The first-order chi connectivity index (χ1) is 17.9. The highest BCUT2D eigenvalue weighted by Crippen LogP contribution is 2.27. The molecule has 194 valence electrons. The van der Waals surface area contributed by atoms with Crippen LogP contribution in [0.15, 0.2) is 58.4 Å². The van der Waals surface area contributed by atoms with Crippen LogP contribution in [-0.4, -0.2) is 45.5 Å². The lowest BCUT2D eigenvalue weighted by Gasteiger charge is -2.15. The number of pyridine rings is 1. The summed E-state index contributed by atoms with van der Waals surface area (Å²) in [5.74, 6) is 1.31. The van der Waals surface area contributed by atoms with E-state index in [0.29, 0.717) is 27.7 Å². The van der Waals surface area contributed by atoms with Gasteiger partial charge in [-0.1, -0.05) is 37.6 Å². The zero-order valence-electron chi connectivity index (χ0n) is 21.4. The van der Waals surface area contributed by atoms with Gasteiger partial charge < -0.3 is 25.7 Å². The summed E-state index contributed by atoms with van der Waals surface area (Å²) in [6, 6.07) is 12.9. The molecule has 8 nitrogen and oxygen atoms in total. The maximum absolute atomic E-state index is 12.9. The summed E-state index contributed by atoms with van der Waals surface area (Å²) in [5, 5.41) is 17.8. The van der Waals surface area contributed by atoms with E-state index in [1.807, 2.05) is 19.1 Å². The number of aromatic amines is 2. The van der Waals surface area contributed by atoms with E-state index in [9.17, 15) is 9.90 Å². The molecule has 0 spiro atoms. The van der Waals surface area contributed by atoms with Crippen LogP contribution >= 0.6 is 11.6 Å². The number of amidine groups is 1. The Kier molecular flexibility index (Phi) is 8.63. The van der Waals surface area contributed by atoms with Crippen molar-refractivity contribution in [2.75, 3.05) is 25.0 Å². The molecule has 0 fully saturated rings. The number of benzene rings is 2. The number of halogens is 1. The molecule has 37 heavy (non-hydrogen) atoms.